The summed E-state index contributed by atoms with van der Waals surface area (Å²) < 4.78 is 0. The van der Waals surface area contributed by atoms with Crippen molar-refractivity contribution in [2.75, 3.05) is 36.4 Å². The number of piperazine rings is 1. The summed E-state index contributed by atoms with van der Waals surface area (Å²) in [6.07, 6.45) is 3.94. The minimum atomic E-state index is 0.774. The van der Waals surface area contributed by atoms with E-state index >= 15 is 0 Å². The van der Waals surface area contributed by atoms with E-state index in [0.717, 1.165) is 73.9 Å². The Balaban J connectivity index is 1.71. The van der Waals surface area contributed by atoms with Gasteiger partial charge in [-0.2, -0.15) is 4.98 Å². The molecule has 1 saturated heterocycles. The summed E-state index contributed by atoms with van der Waals surface area (Å²) in [5, 5.41) is 10.1. The molecule has 1 aliphatic heterocycles. The predicted molar refractivity (Wildman–Crippen MR) is 108 cm³/mol. The summed E-state index contributed by atoms with van der Waals surface area (Å²) in [6.45, 7) is 6.73. The molecule has 0 atom stereocenters. The van der Waals surface area contributed by atoms with Gasteiger partial charge in [-0.3, -0.25) is 4.98 Å². The molecule has 136 valence electrons. The van der Waals surface area contributed by atoms with Gasteiger partial charge in [-0.1, -0.05) is 19.4 Å². The average molecular weight is 369 g/mol. The number of hydrogen-bond acceptors (Lipinski definition) is 7. The van der Waals surface area contributed by atoms with Crippen molar-refractivity contribution in [1.82, 2.24) is 20.3 Å². The number of pyridine rings is 1. The summed E-state index contributed by atoms with van der Waals surface area (Å²) in [6, 6.07) is 6.36. The average Bonchev–Trinajstić information content (AvgIpc) is 3.20. The number of aromatic nitrogens is 3. The van der Waals surface area contributed by atoms with Crippen LogP contribution in [0.5, 0.6) is 0 Å². The second-order valence-corrected chi connectivity index (χ2v) is 7.52. The van der Waals surface area contributed by atoms with E-state index in [4.69, 9.17) is 9.97 Å². The van der Waals surface area contributed by atoms with Gasteiger partial charge in [-0.15, -0.1) is 11.3 Å². The van der Waals surface area contributed by atoms with E-state index in [1.54, 1.807) is 11.3 Å². The van der Waals surface area contributed by atoms with Gasteiger partial charge in [0.1, 0.15) is 5.82 Å². The Morgan fingerprint density at radius 3 is 2.92 bits per heavy atom. The van der Waals surface area contributed by atoms with Crippen molar-refractivity contribution >= 4 is 34.0 Å². The molecule has 4 heterocycles. The molecule has 3 aromatic rings. The Hall–Kier alpha value is -2.25. The van der Waals surface area contributed by atoms with Crippen LogP contribution in [-0.4, -0.2) is 41.1 Å². The fourth-order valence-corrected chi connectivity index (χ4v) is 3.83. The molecule has 26 heavy (non-hydrogen) atoms. The van der Waals surface area contributed by atoms with Gasteiger partial charge in [0, 0.05) is 42.1 Å². The van der Waals surface area contributed by atoms with Gasteiger partial charge in [0.15, 0.2) is 0 Å². The van der Waals surface area contributed by atoms with Crippen molar-refractivity contribution in [3.8, 4) is 0 Å². The van der Waals surface area contributed by atoms with Crippen LogP contribution in [0.3, 0.4) is 0 Å². The van der Waals surface area contributed by atoms with Crippen molar-refractivity contribution in [2.24, 2.45) is 0 Å². The third-order valence-electron chi connectivity index (χ3n) is 4.54. The maximum atomic E-state index is 4.88. The van der Waals surface area contributed by atoms with E-state index in [1.807, 2.05) is 6.20 Å². The van der Waals surface area contributed by atoms with E-state index in [-0.39, 0.29) is 0 Å². The van der Waals surface area contributed by atoms with Crippen molar-refractivity contribution in [3.05, 3.63) is 40.3 Å². The van der Waals surface area contributed by atoms with Gasteiger partial charge in [-0.05, 0) is 23.9 Å². The highest BCUT2D eigenvalue weighted by molar-refractivity contribution is 7.09. The Morgan fingerprint density at radius 1 is 1.27 bits per heavy atom. The Morgan fingerprint density at radius 2 is 2.15 bits per heavy atom. The molecule has 0 unspecified atom stereocenters. The van der Waals surface area contributed by atoms with E-state index in [9.17, 15) is 0 Å². The monoisotopic (exact) mass is 368 g/mol. The third-order valence-corrected chi connectivity index (χ3v) is 5.42. The standard InChI is InChI=1S/C19H24N6S/c1-2-4-14-11-16-17(13-21-14)23-19(25-8-6-20-7-9-25)24-18(16)22-12-15-5-3-10-26-15/h3,5,10-11,13,20H,2,4,6-9,12H2,1H3,(H,22,23,24). The lowest BCUT2D eigenvalue weighted by atomic mass is 10.2. The molecule has 0 spiro atoms. The van der Waals surface area contributed by atoms with Gasteiger partial charge in [0.2, 0.25) is 5.95 Å². The number of rotatable bonds is 6. The number of thiophene rings is 1. The maximum Gasteiger partial charge on any atom is 0.228 e. The van der Waals surface area contributed by atoms with Gasteiger partial charge in [0.25, 0.3) is 0 Å². The SMILES string of the molecule is CCCc1cc2c(NCc3cccs3)nc(N3CCNCC3)nc2cn1. The summed E-state index contributed by atoms with van der Waals surface area (Å²) in [4.78, 5) is 17.8. The molecule has 0 amide bonds. The summed E-state index contributed by atoms with van der Waals surface area (Å²) in [5.74, 6) is 1.69. The highest BCUT2D eigenvalue weighted by Crippen LogP contribution is 2.25. The van der Waals surface area contributed by atoms with Crippen molar-refractivity contribution < 1.29 is 0 Å². The first-order valence-corrected chi connectivity index (χ1v) is 10.1. The van der Waals surface area contributed by atoms with Crippen molar-refractivity contribution in [2.45, 2.75) is 26.3 Å². The molecule has 0 bridgehead atoms. The lowest BCUT2D eigenvalue weighted by molar-refractivity contribution is 0.580. The number of fused-ring (bicyclic) bond motifs is 1. The van der Waals surface area contributed by atoms with Crippen LogP contribution in [0.2, 0.25) is 0 Å². The quantitative estimate of drug-likeness (QED) is 0.697. The minimum Gasteiger partial charge on any atom is -0.364 e. The lowest BCUT2D eigenvalue weighted by Gasteiger charge is -2.28. The third kappa shape index (κ3) is 3.78. The summed E-state index contributed by atoms with van der Waals surface area (Å²) in [7, 11) is 0. The summed E-state index contributed by atoms with van der Waals surface area (Å²) in [5.41, 5.74) is 2.00. The number of nitrogens with zero attached hydrogens (tertiary/aromatic N) is 4. The van der Waals surface area contributed by atoms with Crippen LogP contribution in [0, 0.1) is 0 Å². The van der Waals surface area contributed by atoms with Crippen molar-refractivity contribution in [3.63, 3.8) is 0 Å². The fourth-order valence-electron chi connectivity index (χ4n) is 3.18. The lowest BCUT2D eigenvalue weighted by Crippen LogP contribution is -2.44. The molecular weight excluding hydrogens is 344 g/mol. The van der Waals surface area contributed by atoms with Crippen LogP contribution in [-0.2, 0) is 13.0 Å². The molecule has 0 aliphatic carbocycles. The fraction of sp³-hybridized carbons (Fsp3) is 0.421. The molecule has 4 rings (SSSR count). The number of nitrogens with one attached hydrogen (secondary N) is 2. The smallest absolute Gasteiger partial charge is 0.228 e. The zero-order valence-electron chi connectivity index (χ0n) is 15.0. The van der Waals surface area contributed by atoms with Crippen LogP contribution in [0.1, 0.15) is 23.9 Å². The second-order valence-electron chi connectivity index (χ2n) is 6.48. The molecule has 3 aromatic heterocycles. The molecule has 0 aromatic carbocycles. The highest BCUT2D eigenvalue weighted by atomic mass is 32.1. The Bertz CT molecular complexity index is 858. The molecule has 1 aliphatic rings. The zero-order valence-corrected chi connectivity index (χ0v) is 15.9. The predicted octanol–water partition coefficient (Wildman–Crippen LogP) is 3.06. The minimum absolute atomic E-state index is 0.774. The van der Waals surface area contributed by atoms with Crippen LogP contribution in [0.15, 0.2) is 29.8 Å². The Kier molecular flexibility index (Phi) is 5.26. The number of hydrogen-bond donors (Lipinski definition) is 2. The van der Waals surface area contributed by atoms with E-state index in [1.165, 1.54) is 4.88 Å². The van der Waals surface area contributed by atoms with Gasteiger partial charge in [-0.25, -0.2) is 4.98 Å². The number of anilines is 2. The van der Waals surface area contributed by atoms with Crippen LogP contribution in [0.25, 0.3) is 10.9 Å². The zero-order chi connectivity index (χ0) is 17.8. The molecule has 0 radical (unpaired) electrons. The molecule has 0 saturated carbocycles. The molecule has 7 heteroatoms. The summed E-state index contributed by atoms with van der Waals surface area (Å²) >= 11 is 1.75. The largest absolute Gasteiger partial charge is 0.364 e. The van der Waals surface area contributed by atoms with Crippen LogP contribution in [0.4, 0.5) is 11.8 Å². The first-order chi connectivity index (χ1) is 12.8. The van der Waals surface area contributed by atoms with E-state index in [2.05, 4.69) is 51.0 Å². The molecule has 2 N–H and O–H groups in total. The van der Waals surface area contributed by atoms with Gasteiger partial charge < -0.3 is 15.5 Å². The van der Waals surface area contributed by atoms with Crippen LogP contribution < -0.4 is 15.5 Å². The van der Waals surface area contributed by atoms with E-state index in [0.29, 0.717) is 0 Å². The first kappa shape index (κ1) is 17.2. The second kappa shape index (κ2) is 7.97. The normalized spacial score (nSPS) is 14.7. The highest BCUT2D eigenvalue weighted by Gasteiger charge is 2.16. The van der Waals surface area contributed by atoms with Gasteiger partial charge in [0.05, 0.1) is 18.3 Å². The molecule has 6 nitrogen and oxygen atoms in total. The van der Waals surface area contributed by atoms with Crippen LogP contribution >= 0.6 is 11.3 Å². The first-order valence-electron chi connectivity index (χ1n) is 9.22. The van der Waals surface area contributed by atoms with Crippen molar-refractivity contribution in [1.29, 1.82) is 0 Å². The number of aryl methyl sites for hydroxylation is 1. The van der Waals surface area contributed by atoms with Gasteiger partial charge >= 0.3 is 0 Å². The molecule has 1 fully saturated rings. The van der Waals surface area contributed by atoms with E-state index < -0.39 is 0 Å². The topological polar surface area (TPSA) is 66.0 Å². The maximum absolute atomic E-state index is 4.88. The Labute approximate surface area is 157 Å². The molecular formula is C19H24N6S.